The van der Waals surface area contributed by atoms with Crippen molar-refractivity contribution in [2.24, 2.45) is 0 Å². The zero-order valence-electron chi connectivity index (χ0n) is 12.1. The van der Waals surface area contributed by atoms with Crippen LogP contribution in [0.25, 0.3) is 0 Å². The fourth-order valence-corrected chi connectivity index (χ4v) is 1.86. The number of methoxy groups -OCH3 is 1. The van der Waals surface area contributed by atoms with Crippen LogP contribution in [0.5, 0.6) is 5.75 Å². The highest BCUT2D eigenvalue weighted by atomic mass is 16.5. The van der Waals surface area contributed by atoms with Gasteiger partial charge in [0.2, 0.25) is 0 Å². The fraction of sp³-hybridized carbons (Fsp3) is 0.188. The molecule has 0 amide bonds. The Kier molecular flexibility index (Phi) is 4.66. The van der Waals surface area contributed by atoms with E-state index in [-0.39, 0.29) is 5.97 Å². The van der Waals surface area contributed by atoms with Crippen LogP contribution in [0.15, 0.2) is 42.5 Å². The second kappa shape index (κ2) is 6.65. The fourth-order valence-electron chi connectivity index (χ4n) is 1.86. The van der Waals surface area contributed by atoms with E-state index in [2.05, 4.69) is 5.32 Å². The number of hydrogen-bond acceptors (Lipinski definition) is 5. The van der Waals surface area contributed by atoms with Gasteiger partial charge in [-0.2, -0.15) is 0 Å². The van der Waals surface area contributed by atoms with Crippen molar-refractivity contribution < 1.29 is 14.3 Å². The largest absolute Gasteiger partial charge is 0.497 e. The lowest BCUT2D eigenvalue weighted by molar-refractivity contribution is 0.0526. The summed E-state index contributed by atoms with van der Waals surface area (Å²) in [7, 11) is 1.61. The maximum absolute atomic E-state index is 11.8. The van der Waals surface area contributed by atoms with Crippen LogP contribution in [0.2, 0.25) is 0 Å². The third-order valence-electron chi connectivity index (χ3n) is 2.91. The number of anilines is 3. The van der Waals surface area contributed by atoms with Crippen LogP contribution >= 0.6 is 0 Å². The summed E-state index contributed by atoms with van der Waals surface area (Å²) < 4.78 is 10.2. The minimum absolute atomic E-state index is 0.335. The Morgan fingerprint density at radius 3 is 2.76 bits per heavy atom. The van der Waals surface area contributed by atoms with E-state index in [0.717, 1.165) is 11.4 Å². The number of hydrogen-bond donors (Lipinski definition) is 2. The van der Waals surface area contributed by atoms with E-state index >= 15 is 0 Å². The van der Waals surface area contributed by atoms with E-state index < -0.39 is 0 Å². The first-order chi connectivity index (χ1) is 10.1. The first-order valence-electron chi connectivity index (χ1n) is 6.61. The molecule has 0 heterocycles. The van der Waals surface area contributed by atoms with Gasteiger partial charge in [0.25, 0.3) is 0 Å². The van der Waals surface area contributed by atoms with Gasteiger partial charge in [-0.3, -0.25) is 0 Å². The maximum Gasteiger partial charge on any atom is 0.338 e. The van der Waals surface area contributed by atoms with Crippen molar-refractivity contribution in [2.75, 3.05) is 24.8 Å². The molecule has 0 aliphatic rings. The number of nitrogens with one attached hydrogen (secondary N) is 1. The number of ether oxygens (including phenoxy) is 2. The third kappa shape index (κ3) is 3.66. The minimum Gasteiger partial charge on any atom is -0.497 e. The van der Waals surface area contributed by atoms with Gasteiger partial charge in [0.1, 0.15) is 5.75 Å². The Morgan fingerprint density at radius 1 is 1.24 bits per heavy atom. The normalized spacial score (nSPS) is 10.0. The van der Waals surface area contributed by atoms with Crippen molar-refractivity contribution >= 4 is 23.0 Å². The Labute approximate surface area is 123 Å². The first-order valence-corrected chi connectivity index (χ1v) is 6.61. The van der Waals surface area contributed by atoms with Crippen molar-refractivity contribution in [1.29, 1.82) is 0 Å². The molecule has 0 atom stereocenters. The molecule has 0 fully saturated rings. The first kappa shape index (κ1) is 14.7. The van der Waals surface area contributed by atoms with Crippen molar-refractivity contribution in [3.05, 3.63) is 48.0 Å². The molecule has 3 N–H and O–H groups in total. The average Bonchev–Trinajstić information content (AvgIpc) is 2.50. The van der Waals surface area contributed by atoms with Crippen molar-refractivity contribution in [1.82, 2.24) is 0 Å². The SMILES string of the molecule is CCOC(=O)c1ccc(N)c(Nc2cccc(OC)c2)c1. The number of nitrogens with two attached hydrogens (primary N) is 1. The lowest BCUT2D eigenvalue weighted by atomic mass is 10.1. The van der Waals surface area contributed by atoms with Gasteiger partial charge in [-0.25, -0.2) is 4.79 Å². The Hall–Kier alpha value is -2.69. The molecule has 0 aliphatic heterocycles. The summed E-state index contributed by atoms with van der Waals surface area (Å²) >= 11 is 0. The van der Waals surface area contributed by atoms with E-state index in [4.69, 9.17) is 15.2 Å². The summed E-state index contributed by atoms with van der Waals surface area (Å²) in [4.78, 5) is 11.8. The lowest BCUT2D eigenvalue weighted by Crippen LogP contribution is -2.06. The summed E-state index contributed by atoms with van der Waals surface area (Å²) in [6, 6.07) is 12.4. The number of esters is 1. The monoisotopic (exact) mass is 286 g/mol. The van der Waals surface area contributed by atoms with Crippen LogP contribution in [0.1, 0.15) is 17.3 Å². The van der Waals surface area contributed by atoms with Crippen molar-refractivity contribution in [3.8, 4) is 5.75 Å². The molecule has 2 aromatic rings. The average molecular weight is 286 g/mol. The van der Waals surface area contributed by atoms with Gasteiger partial charge < -0.3 is 20.5 Å². The van der Waals surface area contributed by atoms with E-state index in [1.165, 1.54) is 0 Å². The molecule has 0 aromatic heterocycles. The predicted octanol–water partition coefficient (Wildman–Crippen LogP) is 3.20. The van der Waals surface area contributed by atoms with Gasteiger partial charge in [0, 0.05) is 11.8 Å². The van der Waals surface area contributed by atoms with E-state index in [1.54, 1.807) is 32.2 Å². The van der Waals surface area contributed by atoms with Gasteiger partial charge >= 0.3 is 5.97 Å². The molecule has 0 bridgehead atoms. The second-order valence-corrected chi connectivity index (χ2v) is 4.38. The molecule has 0 unspecified atom stereocenters. The summed E-state index contributed by atoms with van der Waals surface area (Å²) in [5.74, 6) is 0.367. The molecule has 5 heteroatoms. The summed E-state index contributed by atoms with van der Waals surface area (Å²) in [5, 5.41) is 3.17. The summed E-state index contributed by atoms with van der Waals surface area (Å²) in [6.07, 6.45) is 0. The molecule has 0 saturated carbocycles. The van der Waals surface area contributed by atoms with Gasteiger partial charge in [-0.1, -0.05) is 6.07 Å². The standard InChI is InChI=1S/C16H18N2O3/c1-3-21-16(19)11-7-8-14(17)15(9-11)18-12-5-4-6-13(10-12)20-2/h4-10,18H,3,17H2,1-2H3. The predicted molar refractivity (Wildman–Crippen MR) is 83.1 cm³/mol. The van der Waals surface area contributed by atoms with Crippen molar-refractivity contribution in [3.63, 3.8) is 0 Å². The van der Waals surface area contributed by atoms with Gasteiger partial charge in [-0.05, 0) is 37.3 Å². The summed E-state index contributed by atoms with van der Waals surface area (Å²) in [5.41, 5.74) is 8.41. The number of carbonyl (C=O) groups is 1. The van der Waals surface area contributed by atoms with Crippen LogP contribution in [0.3, 0.4) is 0 Å². The topological polar surface area (TPSA) is 73.6 Å². The molecule has 0 radical (unpaired) electrons. The van der Waals surface area contributed by atoms with Crippen LogP contribution < -0.4 is 15.8 Å². The molecule has 2 aromatic carbocycles. The highest BCUT2D eigenvalue weighted by Crippen LogP contribution is 2.26. The highest BCUT2D eigenvalue weighted by Gasteiger charge is 2.09. The van der Waals surface area contributed by atoms with Gasteiger partial charge in [-0.15, -0.1) is 0 Å². The zero-order chi connectivity index (χ0) is 15.2. The molecular formula is C16H18N2O3. The number of carbonyl (C=O) groups excluding carboxylic acids is 1. The van der Waals surface area contributed by atoms with Crippen LogP contribution in [0.4, 0.5) is 17.1 Å². The molecular weight excluding hydrogens is 268 g/mol. The van der Waals surface area contributed by atoms with E-state index in [9.17, 15) is 4.79 Å². The second-order valence-electron chi connectivity index (χ2n) is 4.38. The van der Waals surface area contributed by atoms with Crippen LogP contribution in [-0.2, 0) is 4.74 Å². The minimum atomic E-state index is -0.369. The lowest BCUT2D eigenvalue weighted by Gasteiger charge is -2.12. The molecule has 5 nitrogen and oxygen atoms in total. The highest BCUT2D eigenvalue weighted by molar-refractivity contribution is 5.92. The smallest absolute Gasteiger partial charge is 0.338 e. The Bertz CT molecular complexity index is 641. The maximum atomic E-state index is 11.8. The zero-order valence-corrected chi connectivity index (χ0v) is 12.1. The number of benzene rings is 2. The quantitative estimate of drug-likeness (QED) is 0.652. The molecule has 0 saturated heterocycles. The molecule has 110 valence electrons. The molecule has 0 spiro atoms. The third-order valence-corrected chi connectivity index (χ3v) is 2.91. The van der Waals surface area contributed by atoms with Crippen LogP contribution in [0, 0.1) is 0 Å². The Morgan fingerprint density at radius 2 is 2.05 bits per heavy atom. The molecule has 2 rings (SSSR count). The van der Waals surface area contributed by atoms with Gasteiger partial charge in [0.15, 0.2) is 0 Å². The van der Waals surface area contributed by atoms with Crippen molar-refractivity contribution in [2.45, 2.75) is 6.92 Å². The van der Waals surface area contributed by atoms with E-state index in [0.29, 0.717) is 23.5 Å². The molecule has 21 heavy (non-hydrogen) atoms. The van der Waals surface area contributed by atoms with Gasteiger partial charge in [0.05, 0.1) is 30.7 Å². The number of nitrogen functional groups attached to an aromatic ring is 1. The van der Waals surface area contributed by atoms with Crippen LogP contribution in [-0.4, -0.2) is 19.7 Å². The molecule has 0 aliphatic carbocycles. The number of rotatable bonds is 5. The summed E-state index contributed by atoms with van der Waals surface area (Å²) in [6.45, 7) is 2.10. The van der Waals surface area contributed by atoms with E-state index in [1.807, 2.05) is 24.3 Å². The Balaban J connectivity index is 2.26.